The van der Waals surface area contributed by atoms with Crippen molar-refractivity contribution >= 4 is 12.4 Å². The Morgan fingerprint density at radius 2 is 2.42 bits per heavy atom. The Labute approximate surface area is 68.9 Å². The summed E-state index contributed by atoms with van der Waals surface area (Å²) < 4.78 is 4.34. The van der Waals surface area contributed by atoms with Crippen LogP contribution in [0.5, 0.6) is 0 Å². The number of aliphatic hydroxyl groups excluding tert-OH is 1. The van der Waals surface area contributed by atoms with E-state index in [0.717, 1.165) is 0 Å². The van der Waals surface area contributed by atoms with Gasteiger partial charge in [0.15, 0.2) is 6.23 Å². The number of aliphatic imine (C=N–C) groups is 1. The largest absolute Gasteiger partial charge is 0.507 e. The van der Waals surface area contributed by atoms with Gasteiger partial charge in [0, 0.05) is 6.21 Å². The van der Waals surface area contributed by atoms with Crippen LogP contribution in [0.1, 0.15) is 6.92 Å². The van der Waals surface area contributed by atoms with Crippen molar-refractivity contribution in [2.45, 2.75) is 25.4 Å². The summed E-state index contributed by atoms with van der Waals surface area (Å²) in [5.41, 5.74) is 0. The van der Waals surface area contributed by atoms with Gasteiger partial charge < -0.3 is 14.9 Å². The number of ether oxygens (including phenoxy) is 1. The van der Waals surface area contributed by atoms with Crippen LogP contribution in [0, 0.1) is 0 Å². The lowest BCUT2D eigenvalue weighted by Gasteiger charge is -2.26. The first-order valence-electron chi connectivity index (χ1n) is 3.46. The van der Waals surface area contributed by atoms with E-state index < -0.39 is 18.5 Å². The van der Waals surface area contributed by atoms with Crippen molar-refractivity contribution in [3.05, 3.63) is 0 Å². The van der Waals surface area contributed by atoms with Gasteiger partial charge in [-0.25, -0.2) is 4.79 Å². The molecule has 0 saturated carbocycles. The number of nitrogens with zero attached hydrogens (tertiary/aromatic N) is 1. The average molecular weight is 174 g/mol. The first-order chi connectivity index (χ1) is 5.59. The van der Waals surface area contributed by atoms with Crippen LogP contribution in [0.4, 0.5) is 4.79 Å². The molecule has 0 aromatic heterocycles. The lowest BCUT2D eigenvalue weighted by molar-refractivity contribution is -0.0179. The Bertz CT molecular complexity index is 206. The summed E-state index contributed by atoms with van der Waals surface area (Å²) in [6.07, 6.45) is -2.34. The quantitative estimate of drug-likeness (QED) is 0.461. The van der Waals surface area contributed by atoms with Gasteiger partial charge in [-0.15, -0.1) is 0 Å². The summed E-state index contributed by atoms with van der Waals surface area (Å²) >= 11 is 0. The molecule has 0 amide bonds. The van der Waals surface area contributed by atoms with Gasteiger partial charge in [-0.3, -0.25) is 10.3 Å². The van der Waals surface area contributed by atoms with Gasteiger partial charge in [-0.2, -0.15) is 0 Å². The number of nitrogens with one attached hydrogen (secondary N) is 1. The van der Waals surface area contributed by atoms with Crippen LogP contribution in [0.2, 0.25) is 0 Å². The highest BCUT2D eigenvalue weighted by molar-refractivity contribution is 5.66. The first-order valence-corrected chi connectivity index (χ1v) is 3.46. The lowest BCUT2D eigenvalue weighted by atomic mass is 10.3. The predicted octanol–water partition coefficient (Wildman–Crippen LogP) is -0.612. The van der Waals surface area contributed by atoms with Gasteiger partial charge >= 0.3 is 6.16 Å². The van der Waals surface area contributed by atoms with E-state index in [2.05, 4.69) is 15.0 Å². The van der Waals surface area contributed by atoms with Crippen molar-refractivity contribution < 1.29 is 19.7 Å². The monoisotopic (exact) mass is 174 g/mol. The third-order valence-electron chi connectivity index (χ3n) is 1.41. The number of hydrogen-bond donors (Lipinski definition) is 3. The molecule has 0 radical (unpaired) electrons. The predicted molar refractivity (Wildman–Crippen MR) is 40.0 cm³/mol. The Kier molecular flexibility index (Phi) is 2.61. The van der Waals surface area contributed by atoms with Crippen LogP contribution >= 0.6 is 0 Å². The molecule has 6 nitrogen and oxygen atoms in total. The SMILES string of the molecule is CC1N=CC(O)C(OC(=O)O)N1. The van der Waals surface area contributed by atoms with Crippen LogP contribution in [0.3, 0.4) is 0 Å². The van der Waals surface area contributed by atoms with E-state index in [4.69, 9.17) is 10.2 Å². The van der Waals surface area contributed by atoms with E-state index in [1.54, 1.807) is 6.92 Å². The molecule has 0 bridgehead atoms. The fourth-order valence-electron chi connectivity index (χ4n) is 0.887. The summed E-state index contributed by atoms with van der Waals surface area (Å²) in [6.45, 7) is 1.72. The van der Waals surface area contributed by atoms with E-state index in [9.17, 15) is 4.79 Å². The van der Waals surface area contributed by atoms with Crippen molar-refractivity contribution in [3.8, 4) is 0 Å². The zero-order chi connectivity index (χ0) is 9.14. The van der Waals surface area contributed by atoms with E-state index in [1.807, 2.05) is 0 Å². The standard InChI is InChI=1S/C6H10N2O4/c1-3-7-2-4(9)5(8-3)12-6(10)11/h2-5,8-9H,1H3,(H,10,11). The molecule has 3 unspecified atom stereocenters. The average Bonchev–Trinajstić information content (AvgIpc) is 1.96. The molecule has 0 saturated heterocycles. The Hall–Kier alpha value is -1.14. The maximum atomic E-state index is 10.1. The summed E-state index contributed by atoms with van der Waals surface area (Å²) in [5.74, 6) is 0. The summed E-state index contributed by atoms with van der Waals surface area (Å²) in [4.78, 5) is 13.9. The number of aliphatic hydroxyl groups is 1. The second-order valence-corrected chi connectivity index (χ2v) is 2.44. The highest BCUT2D eigenvalue weighted by Crippen LogP contribution is 2.03. The van der Waals surface area contributed by atoms with Gasteiger partial charge in [0.1, 0.15) is 6.10 Å². The maximum absolute atomic E-state index is 10.1. The molecular weight excluding hydrogens is 164 g/mol. The minimum Gasteiger partial charge on any atom is -0.450 e. The number of hydrogen-bond acceptors (Lipinski definition) is 5. The van der Waals surface area contributed by atoms with Gasteiger partial charge in [0.05, 0.1) is 6.17 Å². The normalized spacial score (nSPS) is 34.7. The van der Waals surface area contributed by atoms with E-state index in [-0.39, 0.29) is 6.17 Å². The van der Waals surface area contributed by atoms with Crippen molar-refractivity contribution in [2.24, 2.45) is 4.99 Å². The molecule has 1 aliphatic rings. The second-order valence-electron chi connectivity index (χ2n) is 2.44. The van der Waals surface area contributed by atoms with Crippen LogP contribution in [-0.2, 0) is 4.74 Å². The van der Waals surface area contributed by atoms with Crippen molar-refractivity contribution in [3.63, 3.8) is 0 Å². The molecule has 3 N–H and O–H groups in total. The zero-order valence-electron chi connectivity index (χ0n) is 6.47. The number of carbonyl (C=O) groups is 1. The van der Waals surface area contributed by atoms with Crippen LogP contribution < -0.4 is 5.32 Å². The van der Waals surface area contributed by atoms with Gasteiger partial charge in [-0.1, -0.05) is 0 Å². The molecular formula is C6H10N2O4. The number of rotatable bonds is 1. The summed E-state index contributed by atoms with van der Waals surface area (Å²) in [6, 6.07) is 0. The minimum absolute atomic E-state index is 0.238. The molecule has 0 aromatic carbocycles. The highest BCUT2D eigenvalue weighted by Gasteiger charge is 2.26. The molecule has 1 heterocycles. The van der Waals surface area contributed by atoms with E-state index in [1.165, 1.54) is 6.21 Å². The van der Waals surface area contributed by atoms with Gasteiger partial charge in [0.25, 0.3) is 0 Å². The smallest absolute Gasteiger partial charge is 0.450 e. The third-order valence-corrected chi connectivity index (χ3v) is 1.41. The molecule has 3 atom stereocenters. The summed E-state index contributed by atoms with van der Waals surface area (Å²) in [7, 11) is 0. The molecule has 68 valence electrons. The molecule has 12 heavy (non-hydrogen) atoms. The molecule has 0 fully saturated rings. The van der Waals surface area contributed by atoms with Gasteiger partial charge in [0.2, 0.25) is 0 Å². The van der Waals surface area contributed by atoms with Crippen molar-refractivity contribution in [1.29, 1.82) is 0 Å². The zero-order valence-corrected chi connectivity index (χ0v) is 6.47. The van der Waals surface area contributed by atoms with Crippen molar-refractivity contribution in [1.82, 2.24) is 5.32 Å². The van der Waals surface area contributed by atoms with Crippen LogP contribution in [0.15, 0.2) is 4.99 Å². The second kappa shape index (κ2) is 3.51. The van der Waals surface area contributed by atoms with Crippen LogP contribution in [0.25, 0.3) is 0 Å². The topological polar surface area (TPSA) is 91.2 Å². The Morgan fingerprint density at radius 1 is 1.75 bits per heavy atom. The minimum atomic E-state index is -1.42. The third kappa shape index (κ3) is 2.18. The van der Waals surface area contributed by atoms with Crippen LogP contribution in [-0.4, -0.2) is 41.1 Å². The highest BCUT2D eigenvalue weighted by atomic mass is 16.7. The molecule has 0 spiro atoms. The van der Waals surface area contributed by atoms with Crippen molar-refractivity contribution in [2.75, 3.05) is 0 Å². The Balaban J connectivity index is 2.53. The molecule has 0 aliphatic carbocycles. The fraction of sp³-hybridized carbons (Fsp3) is 0.667. The fourth-order valence-corrected chi connectivity index (χ4v) is 0.887. The van der Waals surface area contributed by atoms with Gasteiger partial charge in [-0.05, 0) is 6.92 Å². The van der Waals surface area contributed by atoms with E-state index >= 15 is 0 Å². The molecule has 6 heteroatoms. The summed E-state index contributed by atoms with van der Waals surface area (Å²) in [5, 5.41) is 20.0. The van der Waals surface area contributed by atoms with E-state index in [0.29, 0.717) is 0 Å². The number of carboxylic acid groups (broad SMARTS) is 1. The lowest BCUT2D eigenvalue weighted by Crippen LogP contribution is -2.50. The first kappa shape index (κ1) is 8.95. The molecule has 1 rings (SSSR count). The maximum Gasteiger partial charge on any atom is 0.507 e. The molecule has 0 aromatic rings. The Morgan fingerprint density at radius 3 is 3.00 bits per heavy atom. The molecule has 1 aliphatic heterocycles.